The number of methoxy groups -OCH3 is 1. The van der Waals surface area contributed by atoms with E-state index < -0.39 is 0 Å². The molecule has 0 aliphatic heterocycles. The molecule has 0 fully saturated rings. The van der Waals surface area contributed by atoms with Gasteiger partial charge in [0.15, 0.2) is 0 Å². The molecule has 70 valence electrons. The Morgan fingerprint density at radius 2 is 2.14 bits per heavy atom. The summed E-state index contributed by atoms with van der Waals surface area (Å²) in [6, 6.07) is 7.11. The Bertz CT molecular complexity index is 426. The highest BCUT2D eigenvalue weighted by molar-refractivity contribution is 5.60. The second-order valence-corrected chi connectivity index (χ2v) is 2.70. The third-order valence-corrected chi connectivity index (χ3v) is 1.85. The zero-order chi connectivity index (χ0) is 10.6. The lowest BCUT2D eigenvalue weighted by Gasteiger charge is -2.07. The smallest absolute Gasteiger partial charge is 0.142 e. The number of rotatable bonds is 2. The fourth-order valence-corrected chi connectivity index (χ4v) is 1.15. The van der Waals surface area contributed by atoms with Gasteiger partial charge in [-0.05, 0) is 17.7 Å². The summed E-state index contributed by atoms with van der Waals surface area (Å²) in [6.07, 6.45) is 0.180. The quantitative estimate of drug-likeness (QED) is 0.705. The summed E-state index contributed by atoms with van der Waals surface area (Å²) in [5.41, 5.74) is 7.08. The number of nitrogen functional groups attached to an aromatic ring is 1. The van der Waals surface area contributed by atoms with Gasteiger partial charge in [0.05, 0.1) is 36.9 Å². The molecule has 0 bridgehead atoms. The van der Waals surface area contributed by atoms with E-state index in [1.54, 1.807) is 6.07 Å². The van der Waals surface area contributed by atoms with Crippen molar-refractivity contribution < 1.29 is 4.74 Å². The molecule has 1 aromatic carbocycles. The normalized spacial score (nSPS) is 8.79. The summed E-state index contributed by atoms with van der Waals surface area (Å²) in [6.45, 7) is 0. The molecule has 0 amide bonds. The minimum Gasteiger partial charge on any atom is -0.495 e. The zero-order valence-corrected chi connectivity index (χ0v) is 7.74. The van der Waals surface area contributed by atoms with Crippen molar-refractivity contribution in [3.63, 3.8) is 0 Å². The molecule has 1 rings (SSSR count). The van der Waals surface area contributed by atoms with Gasteiger partial charge in [0.1, 0.15) is 5.75 Å². The fourth-order valence-electron chi connectivity index (χ4n) is 1.15. The Hall–Kier alpha value is -2.20. The van der Waals surface area contributed by atoms with Gasteiger partial charge in [-0.25, -0.2) is 0 Å². The Morgan fingerprint density at radius 3 is 2.64 bits per heavy atom. The number of anilines is 1. The third-order valence-electron chi connectivity index (χ3n) is 1.85. The lowest BCUT2D eigenvalue weighted by atomic mass is 10.0. The van der Waals surface area contributed by atoms with E-state index in [-0.39, 0.29) is 6.42 Å². The van der Waals surface area contributed by atoms with E-state index in [2.05, 4.69) is 0 Å². The van der Waals surface area contributed by atoms with Crippen LogP contribution < -0.4 is 10.5 Å². The second kappa shape index (κ2) is 4.15. The van der Waals surface area contributed by atoms with E-state index >= 15 is 0 Å². The maximum atomic E-state index is 8.78. The summed E-state index contributed by atoms with van der Waals surface area (Å²) >= 11 is 0. The molecule has 4 nitrogen and oxygen atoms in total. The van der Waals surface area contributed by atoms with E-state index in [9.17, 15) is 0 Å². The van der Waals surface area contributed by atoms with Gasteiger partial charge < -0.3 is 10.5 Å². The highest BCUT2D eigenvalue weighted by Crippen LogP contribution is 2.25. The largest absolute Gasteiger partial charge is 0.495 e. The topological polar surface area (TPSA) is 82.8 Å². The summed E-state index contributed by atoms with van der Waals surface area (Å²) in [7, 11) is 1.49. The van der Waals surface area contributed by atoms with Crippen LogP contribution in [0.1, 0.15) is 11.1 Å². The van der Waals surface area contributed by atoms with Crippen LogP contribution in [-0.2, 0) is 6.42 Å². The van der Waals surface area contributed by atoms with Crippen LogP contribution in [0.3, 0.4) is 0 Å². The molecule has 0 aliphatic carbocycles. The number of nitrogens with zero attached hydrogens (tertiary/aromatic N) is 2. The first-order chi connectivity index (χ1) is 6.72. The number of benzene rings is 1. The van der Waals surface area contributed by atoms with Crippen LogP contribution in [-0.4, -0.2) is 7.11 Å². The van der Waals surface area contributed by atoms with E-state index in [0.717, 1.165) is 0 Å². The second-order valence-electron chi connectivity index (χ2n) is 2.70. The van der Waals surface area contributed by atoms with Crippen LogP contribution in [0.15, 0.2) is 12.1 Å². The number of ether oxygens (including phenoxy) is 1. The molecular weight excluding hydrogens is 178 g/mol. The van der Waals surface area contributed by atoms with Crippen LogP contribution in [0, 0.1) is 22.7 Å². The van der Waals surface area contributed by atoms with Crippen LogP contribution in [0.25, 0.3) is 0 Å². The number of hydrogen-bond donors (Lipinski definition) is 1. The Kier molecular flexibility index (Phi) is 2.93. The van der Waals surface area contributed by atoms with Gasteiger partial charge >= 0.3 is 0 Å². The van der Waals surface area contributed by atoms with E-state index in [1.165, 1.54) is 13.2 Å². The fraction of sp³-hybridized carbons (Fsp3) is 0.200. The zero-order valence-electron chi connectivity index (χ0n) is 7.74. The van der Waals surface area contributed by atoms with Gasteiger partial charge in [0, 0.05) is 0 Å². The van der Waals surface area contributed by atoms with Crippen molar-refractivity contribution in [2.24, 2.45) is 0 Å². The first kappa shape index (κ1) is 9.88. The predicted octanol–water partition coefficient (Wildman–Crippen LogP) is 1.22. The van der Waals surface area contributed by atoms with Crippen molar-refractivity contribution in [3.05, 3.63) is 23.3 Å². The van der Waals surface area contributed by atoms with E-state index in [0.29, 0.717) is 22.6 Å². The van der Waals surface area contributed by atoms with Gasteiger partial charge in [-0.2, -0.15) is 10.5 Å². The molecule has 4 heteroatoms. The summed E-state index contributed by atoms with van der Waals surface area (Å²) in [5.74, 6) is 0.495. The summed E-state index contributed by atoms with van der Waals surface area (Å²) in [4.78, 5) is 0. The van der Waals surface area contributed by atoms with Crippen molar-refractivity contribution in [2.75, 3.05) is 12.8 Å². The molecule has 0 unspecified atom stereocenters. The Labute approximate surface area is 82.1 Å². The molecule has 0 aliphatic rings. The summed E-state index contributed by atoms with van der Waals surface area (Å²) in [5, 5.41) is 17.3. The monoisotopic (exact) mass is 187 g/mol. The van der Waals surface area contributed by atoms with E-state index in [1.807, 2.05) is 12.1 Å². The lowest BCUT2D eigenvalue weighted by Crippen LogP contribution is -1.97. The standard InChI is InChI=1S/C10H9N3O/c1-14-10-5-7(2-3-11)8(6-12)4-9(10)13/h4-5H,2,13H2,1H3. The molecule has 0 saturated carbocycles. The molecular formula is C10H9N3O. The maximum absolute atomic E-state index is 8.78. The number of nitriles is 2. The molecule has 0 atom stereocenters. The third kappa shape index (κ3) is 1.75. The molecule has 0 heterocycles. The van der Waals surface area contributed by atoms with Crippen molar-refractivity contribution in [1.29, 1.82) is 10.5 Å². The van der Waals surface area contributed by atoms with Crippen molar-refractivity contribution in [3.8, 4) is 17.9 Å². The Morgan fingerprint density at radius 1 is 1.43 bits per heavy atom. The maximum Gasteiger partial charge on any atom is 0.142 e. The minimum atomic E-state index is 0.180. The first-order valence-electron chi connectivity index (χ1n) is 3.96. The highest BCUT2D eigenvalue weighted by atomic mass is 16.5. The molecule has 1 aromatic rings. The Balaban J connectivity index is 3.28. The minimum absolute atomic E-state index is 0.180. The summed E-state index contributed by atoms with van der Waals surface area (Å²) < 4.78 is 4.99. The predicted molar refractivity (Wildman–Crippen MR) is 51.4 cm³/mol. The average Bonchev–Trinajstić information content (AvgIpc) is 2.20. The van der Waals surface area contributed by atoms with Crippen LogP contribution >= 0.6 is 0 Å². The van der Waals surface area contributed by atoms with Gasteiger partial charge in [-0.3, -0.25) is 0 Å². The van der Waals surface area contributed by atoms with Gasteiger partial charge in [0.2, 0.25) is 0 Å². The van der Waals surface area contributed by atoms with Gasteiger partial charge in [0.25, 0.3) is 0 Å². The molecule has 0 aromatic heterocycles. The average molecular weight is 187 g/mol. The van der Waals surface area contributed by atoms with Crippen molar-refractivity contribution in [1.82, 2.24) is 0 Å². The van der Waals surface area contributed by atoms with Crippen LogP contribution in [0.4, 0.5) is 5.69 Å². The molecule has 0 radical (unpaired) electrons. The SMILES string of the molecule is COc1cc(CC#N)c(C#N)cc1N. The molecule has 14 heavy (non-hydrogen) atoms. The van der Waals surface area contributed by atoms with Crippen molar-refractivity contribution >= 4 is 5.69 Å². The molecule has 2 N–H and O–H groups in total. The number of hydrogen-bond acceptors (Lipinski definition) is 4. The number of nitrogens with two attached hydrogens (primary N) is 1. The van der Waals surface area contributed by atoms with Crippen LogP contribution in [0.2, 0.25) is 0 Å². The van der Waals surface area contributed by atoms with Gasteiger partial charge in [-0.15, -0.1) is 0 Å². The first-order valence-corrected chi connectivity index (χ1v) is 3.96. The van der Waals surface area contributed by atoms with Crippen molar-refractivity contribution in [2.45, 2.75) is 6.42 Å². The van der Waals surface area contributed by atoms with Crippen LogP contribution in [0.5, 0.6) is 5.75 Å². The highest BCUT2D eigenvalue weighted by Gasteiger charge is 2.07. The molecule has 0 saturated heterocycles. The lowest BCUT2D eigenvalue weighted by molar-refractivity contribution is 0.416. The molecule has 0 spiro atoms. The van der Waals surface area contributed by atoms with Gasteiger partial charge in [-0.1, -0.05) is 0 Å². The van der Waals surface area contributed by atoms with E-state index in [4.69, 9.17) is 21.0 Å².